The molecule has 0 aromatic heterocycles. The molecule has 0 heterocycles. The zero-order valence-electron chi connectivity index (χ0n) is 6.03. The third-order valence-corrected chi connectivity index (χ3v) is 1.29. The van der Waals surface area contributed by atoms with Gasteiger partial charge in [0.15, 0.2) is 10.5 Å². The van der Waals surface area contributed by atoms with Gasteiger partial charge in [-0.25, -0.2) is 0 Å². The zero-order valence-corrected chi connectivity index (χ0v) is 7.44. The molecule has 0 amide bonds. The van der Waals surface area contributed by atoms with Gasteiger partial charge in [-0.05, 0) is 11.8 Å². The normalized spacial score (nSPS) is 12.0. The summed E-state index contributed by atoms with van der Waals surface area (Å²) in [6.07, 6.45) is 1.15. The van der Waals surface area contributed by atoms with E-state index in [1.165, 1.54) is 0 Å². The first kappa shape index (κ1) is 8.18. The molecule has 1 radical (unpaired) electrons. The second-order valence-corrected chi connectivity index (χ2v) is 3.63. The van der Waals surface area contributed by atoms with Gasteiger partial charge in [0, 0.05) is 6.61 Å². The molecule has 0 aromatic rings. The Kier molecular flexibility index (Phi) is 3.32. The van der Waals surface area contributed by atoms with Crippen LogP contribution in [-0.4, -0.2) is 17.1 Å². The van der Waals surface area contributed by atoms with Crippen molar-refractivity contribution in [1.82, 2.24) is 0 Å². The molecule has 0 unspecified atom stereocenters. The van der Waals surface area contributed by atoms with Crippen molar-refractivity contribution in [2.24, 2.45) is 5.41 Å². The molecule has 1 nitrogen and oxygen atoms in total. The molecule has 8 heavy (non-hydrogen) atoms. The lowest BCUT2D eigenvalue weighted by Gasteiger charge is -2.16. The minimum absolute atomic E-state index is 0.431. The van der Waals surface area contributed by atoms with E-state index in [4.69, 9.17) is 4.43 Å². The molecule has 49 valence electrons. The molecule has 0 saturated heterocycles. The first-order valence-corrected chi connectivity index (χ1v) is 3.51. The third-order valence-electron chi connectivity index (χ3n) is 0.996. The minimum Gasteiger partial charge on any atom is -0.425 e. The summed E-state index contributed by atoms with van der Waals surface area (Å²) in [4.78, 5) is 0. The molecular weight excluding hydrogens is 116 g/mol. The van der Waals surface area contributed by atoms with Gasteiger partial charge in [-0.3, -0.25) is 0 Å². The van der Waals surface area contributed by atoms with E-state index in [1.54, 1.807) is 10.5 Å². The molecule has 0 fully saturated rings. The van der Waals surface area contributed by atoms with Gasteiger partial charge in [-0.15, -0.1) is 0 Å². The number of hydrogen-bond acceptors (Lipinski definition) is 1. The predicted molar refractivity (Wildman–Crippen MR) is 38.6 cm³/mol. The lowest BCUT2D eigenvalue weighted by Crippen LogP contribution is -2.08. The van der Waals surface area contributed by atoms with Crippen molar-refractivity contribution in [3.63, 3.8) is 0 Å². The molecular formula is C6H15OSi. The highest BCUT2D eigenvalue weighted by Gasteiger charge is 2.07. The fraction of sp³-hybridized carbons (Fsp3) is 1.00. The highest BCUT2D eigenvalue weighted by molar-refractivity contribution is 5.97. The molecule has 0 atom stereocenters. The molecule has 2 heteroatoms. The standard InChI is InChI=1S/C6H15OSi/c1-6(2,3)4-5-7-8/h4-5,8H2,1-3H3. The van der Waals surface area contributed by atoms with Crippen molar-refractivity contribution < 1.29 is 4.43 Å². The summed E-state index contributed by atoms with van der Waals surface area (Å²) >= 11 is 0. The van der Waals surface area contributed by atoms with Crippen molar-refractivity contribution in [1.29, 1.82) is 0 Å². The Morgan fingerprint density at radius 3 is 2.00 bits per heavy atom. The highest BCUT2D eigenvalue weighted by atomic mass is 28.2. The molecule has 0 rings (SSSR count). The van der Waals surface area contributed by atoms with Gasteiger partial charge in [0.05, 0.1) is 0 Å². The first-order chi connectivity index (χ1) is 3.56. The molecule has 0 saturated carbocycles. The lowest BCUT2D eigenvalue weighted by molar-refractivity contribution is 0.258. The fourth-order valence-electron chi connectivity index (χ4n) is 0.378. The summed E-state index contributed by atoms with van der Waals surface area (Å²) in [5.41, 5.74) is 0.431. The van der Waals surface area contributed by atoms with Crippen molar-refractivity contribution >= 4 is 10.5 Å². The van der Waals surface area contributed by atoms with Crippen LogP contribution < -0.4 is 0 Å². The molecule has 0 aliphatic heterocycles. The maximum atomic E-state index is 4.95. The molecule has 0 N–H and O–H groups in total. The van der Waals surface area contributed by atoms with Crippen molar-refractivity contribution in [3.05, 3.63) is 0 Å². The van der Waals surface area contributed by atoms with Crippen molar-refractivity contribution in [3.8, 4) is 0 Å². The quantitative estimate of drug-likeness (QED) is 0.508. The smallest absolute Gasteiger partial charge is 0.174 e. The van der Waals surface area contributed by atoms with Crippen LogP contribution in [-0.2, 0) is 4.43 Å². The number of rotatable bonds is 2. The van der Waals surface area contributed by atoms with Crippen LogP contribution in [0.5, 0.6) is 0 Å². The van der Waals surface area contributed by atoms with Crippen molar-refractivity contribution in [2.75, 3.05) is 6.61 Å². The van der Waals surface area contributed by atoms with Gasteiger partial charge < -0.3 is 4.43 Å². The van der Waals surface area contributed by atoms with Gasteiger partial charge in [-0.2, -0.15) is 0 Å². The summed E-state index contributed by atoms with van der Waals surface area (Å²) in [7, 11) is 1.57. The second-order valence-electron chi connectivity index (χ2n) is 3.22. The zero-order chi connectivity index (χ0) is 6.62. The summed E-state index contributed by atoms with van der Waals surface area (Å²) < 4.78 is 4.95. The van der Waals surface area contributed by atoms with Crippen LogP contribution in [0.4, 0.5) is 0 Å². The maximum absolute atomic E-state index is 4.95. The molecule has 0 aliphatic carbocycles. The maximum Gasteiger partial charge on any atom is 0.174 e. The fourth-order valence-corrected chi connectivity index (χ4v) is 0.523. The molecule has 0 spiro atoms. The predicted octanol–water partition coefficient (Wildman–Crippen LogP) is 0.987. The average Bonchev–Trinajstić information content (AvgIpc) is 1.59. The van der Waals surface area contributed by atoms with Gasteiger partial charge in [0.1, 0.15) is 0 Å². The van der Waals surface area contributed by atoms with Crippen LogP contribution in [0.2, 0.25) is 0 Å². The third kappa shape index (κ3) is 6.18. The topological polar surface area (TPSA) is 9.23 Å². The van der Waals surface area contributed by atoms with E-state index >= 15 is 0 Å². The lowest BCUT2D eigenvalue weighted by atomic mass is 9.93. The van der Waals surface area contributed by atoms with Crippen LogP contribution in [0.1, 0.15) is 27.2 Å². The average molecular weight is 131 g/mol. The summed E-state index contributed by atoms with van der Waals surface area (Å²) in [5, 5.41) is 0. The van der Waals surface area contributed by atoms with E-state index in [9.17, 15) is 0 Å². The largest absolute Gasteiger partial charge is 0.425 e. The highest BCUT2D eigenvalue weighted by Crippen LogP contribution is 2.17. The Labute approximate surface area is 55.0 Å². The van der Waals surface area contributed by atoms with E-state index in [0.29, 0.717) is 5.41 Å². The SMILES string of the molecule is CC(C)(C)CCO[SiH2]. The van der Waals surface area contributed by atoms with E-state index in [2.05, 4.69) is 20.8 Å². The van der Waals surface area contributed by atoms with Crippen LogP contribution in [0.15, 0.2) is 0 Å². The van der Waals surface area contributed by atoms with Crippen LogP contribution >= 0.6 is 0 Å². The van der Waals surface area contributed by atoms with E-state index in [1.807, 2.05) is 0 Å². The molecule has 0 bridgehead atoms. The first-order valence-electron chi connectivity index (χ1n) is 2.93. The van der Waals surface area contributed by atoms with Gasteiger partial charge >= 0.3 is 0 Å². The van der Waals surface area contributed by atoms with Gasteiger partial charge in [-0.1, -0.05) is 20.8 Å². The van der Waals surface area contributed by atoms with E-state index in [-0.39, 0.29) is 0 Å². The summed E-state index contributed by atoms with van der Waals surface area (Å²) in [6, 6.07) is 0. The Morgan fingerprint density at radius 2 is 1.88 bits per heavy atom. The summed E-state index contributed by atoms with van der Waals surface area (Å²) in [5.74, 6) is 0. The van der Waals surface area contributed by atoms with Crippen molar-refractivity contribution in [2.45, 2.75) is 27.2 Å². The molecule has 0 aliphatic rings. The second kappa shape index (κ2) is 3.25. The summed E-state index contributed by atoms with van der Waals surface area (Å²) in [6.45, 7) is 7.54. The van der Waals surface area contributed by atoms with Crippen LogP contribution in [0.3, 0.4) is 0 Å². The van der Waals surface area contributed by atoms with Gasteiger partial charge in [0.2, 0.25) is 0 Å². The van der Waals surface area contributed by atoms with E-state index in [0.717, 1.165) is 13.0 Å². The van der Waals surface area contributed by atoms with Crippen LogP contribution in [0.25, 0.3) is 0 Å². The Balaban J connectivity index is 3.11. The Hall–Kier alpha value is 0.177. The monoisotopic (exact) mass is 131 g/mol. The van der Waals surface area contributed by atoms with Crippen LogP contribution in [0, 0.1) is 5.41 Å². The Morgan fingerprint density at radius 1 is 1.38 bits per heavy atom. The minimum atomic E-state index is 0.431. The van der Waals surface area contributed by atoms with Gasteiger partial charge in [0.25, 0.3) is 0 Å². The molecule has 0 aromatic carbocycles. The van der Waals surface area contributed by atoms with E-state index < -0.39 is 0 Å². The Bertz CT molecular complexity index is 56.0. The number of hydrogen-bond donors (Lipinski definition) is 0.